The van der Waals surface area contributed by atoms with E-state index in [4.69, 9.17) is 5.73 Å². The highest BCUT2D eigenvalue weighted by Gasteiger charge is 2.26. The van der Waals surface area contributed by atoms with E-state index in [0.717, 1.165) is 10.9 Å². The molecule has 0 unspecified atom stereocenters. The normalized spacial score (nSPS) is 18.3. The number of benzene rings is 1. The molecule has 1 fully saturated rings. The summed E-state index contributed by atoms with van der Waals surface area (Å²) in [5, 5.41) is 0.873. The number of fused-ring (bicyclic) bond motifs is 1. The molecule has 106 valence electrons. The van der Waals surface area contributed by atoms with Crippen molar-refractivity contribution >= 4 is 32.3 Å². The predicted molar refractivity (Wildman–Crippen MR) is 77.3 cm³/mol. The lowest BCUT2D eigenvalue weighted by molar-refractivity contribution is 0.0765. The van der Waals surface area contributed by atoms with E-state index in [2.05, 4.69) is 4.98 Å². The van der Waals surface area contributed by atoms with E-state index in [9.17, 15) is 13.2 Å². The maximum absolute atomic E-state index is 12.3. The van der Waals surface area contributed by atoms with Crippen LogP contribution in [0.1, 0.15) is 10.5 Å². The number of aromatic amines is 1. The van der Waals surface area contributed by atoms with Gasteiger partial charge in [0.15, 0.2) is 9.84 Å². The molecule has 1 aliphatic rings. The van der Waals surface area contributed by atoms with Gasteiger partial charge < -0.3 is 15.6 Å². The first kappa shape index (κ1) is 13.0. The number of nitrogen functional groups attached to an aromatic ring is 1. The van der Waals surface area contributed by atoms with Crippen molar-refractivity contribution in [3.63, 3.8) is 0 Å². The standard InChI is InChI=1S/C13H15N3O3S/c14-10-1-2-11-9(7-10)8-12(15-11)13(17)16-3-5-20(18,19)6-4-16/h1-2,7-8,15H,3-6,14H2. The van der Waals surface area contributed by atoms with E-state index in [1.165, 1.54) is 0 Å². The van der Waals surface area contributed by atoms with E-state index >= 15 is 0 Å². The van der Waals surface area contributed by atoms with Gasteiger partial charge in [-0.3, -0.25) is 4.79 Å². The van der Waals surface area contributed by atoms with Crippen molar-refractivity contribution in [3.05, 3.63) is 30.0 Å². The first-order valence-electron chi connectivity index (χ1n) is 6.32. The predicted octanol–water partition coefficient (Wildman–Crippen LogP) is 0.621. The molecule has 1 amide bonds. The molecule has 1 saturated heterocycles. The molecule has 3 rings (SSSR count). The third kappa shape index (κ3) is 2.36. The number of carbonyl (C=O) groups is 1. The fourth-order valence-electron chi connectivity index (χ4n) is 2.35. The third-order valence-corrected chi connectivity index (χ3v) is 5.12. The molecule has 2 aromatic rings. The van der Waals surface area contributed by atoms with Gasteiger partial charge in [-0.25, -0.2) is 8.42 Å². The second kappa shape index (κ2) is 4.52. The van der Waals surface area contributed by atoms with Crippen LogP contribution in [0.3, 0.4) is 0 Å². The van der Waals surface area contributed by atoms with Crippen LogP contribution in [-0.4, -0.2) is 48.8 Å². The van der Waals surface area contributed by atoms with Crippen LogP contribution in [0.4, 0.5) is 5.69 Å². The molecule has 2 heterocycles. The summed E-state index contributed by atoms with van der Waals surface area (Å²) in [7, 11) is -2.98. The zero-order chi connectivity index (χ0) is 14.3. The average Bonchev–Trinajstić information content (AvgIpc) is 2.80. The summed E-state index contributed by atoms with van der Waals surface area (Å²) in [5.74, 6) is -0.104. The Morgan fingerprint density at radius 3 is 2.60 bits per heavy atom. The molecule has 7 heteroatoms. The second-order valence-electron chi connectivity index (χ2n) is 4.97. The summed E-state index contributed by atoms with van der Waals surface area (Å²) >= 11 is 0. The number of hydrogen-bond donors (Lipinski definition) is 2. The SMILES string of the molecule is Nc1ccc2[nH]c(C(=O)N3CCS(=O)(=O)CC3)cc2c1. The quantitative estimate of drug-likeness (QED) is 0.753. The summed E-state index contributed by atoms with van der Waals surface area (Å²) in [6.07, 6.45) is 0. The van der Waals surface area contributed by atoms with Crippen molar-refractivity contribution in [1.82, 2.24) is 9.88 Å². The van der Waals surface area contributed by atoms with E-state index in [1.807, 2.05) is 6.07 Å². The van der Waals surface area contributed by atoms with Gasteiger partial charge in [0.25, 0.3) is 5.91 Å². The molecular weight excluding hydrogens is 278 g/mol. The lowest BCUT2D eigenvalue weighted by Gasteiger charge is -2.26. The molecular formula is C13H15N3O3S. The Bertz CT molecular complexity index is 765. The van der Waals surface area contributed by atoms with Gasteiger partial charge in [-0.2, -0.15) is 0 Å². The van der Waals surface area contributed by atoms with Crippen LogP contribution in [0.5, 0.6) is 0 Å². The molecule has 0 atom stereocenters. The maximum Gasteiger partial charge on any atom is 0.270 e. The summed E-state index contributed by atoms with van der Waals surface area (Å²) in [6.45, 7) is 0.497. The van der Waals surface area contributed by atoms with E-state index in [0.29, 0.717) is 11.4 Å². The Balaban J connectivity index is 1.86. The second-order valence-corrected chi connectivity index (χ2v) is 7.28. The van der Waals surface area contributed by atoms with Crippen LogP contribution >= 0.6 is 0 Å². The van der Waals surface area contributed by atoms with Gasteiger partial charge in [-0.15, -0.1) is 0 Å². The van der Waals surface area contributed by atoms with Crippen LogP contribution in [0.25, 0.3) is 10.9 Å². The highest BCUT2D eigenvalue weighted by molar-refractivity contribution is 7.91. The number of aromatic nitrogens is 1. The molecule has 0 aliphatic carbocycles. The van der Waals surface area contributed by atoms with Gasteiger partial charge in [0.2, 0.25) is 0 Å². The number of carbonyl (C=O) groups excluding carboxylic acids is 1. The minimum atomic E-state index is -2.98. The number of rotatable bonds is 1. The van der Waals surface area contributed by atoms with E-state index < -0.39 is 9.84 Å². The Hall–Kier alpha value is -2.02. The zero-order valence-corrected chi connectivity index (χ0v) is 11.6. The monoisotopic (exact) mass is 293 g/mol. The molecule has 1 aromatic heterocycles. The van der Waals surface area contributed by atoms with Gasteiger partial charge in [0.1, 0.15) is 5.69 Å². The van der Waals surface area contributed by atoms with Crippen molar-refractivity contribution in [2.24, 2.45) is 0 Å². The van der Waals surface area contributed by atoms with Crippen molar-refractivity contribution < 1.29 is 13.2 Å². The molecule has 20 heavy (non-hydrogen) atoms. The van der Waals surface area contributed by atoms with E-state index in [1.54, 1.807) is 23.1 Å². The minimum Gasteiger partial charge on any atom is -0.399 e. The van der Waals surface area contributed by atoms with Crippen molar-refractivity contribution in [1.29, 1.82) is 0 Å². The first-order chi connectivity index (χ1) is 9.44. The Kier molecular flexibility index (Phi) is 2.93. The number of nitrogens with two attached hydrogens (primary N) is 1. The molecule has 0 bridgehead atoms. The topological polar surface area (TPSA) is 96.3 Å². The number of nitrogens with zero attached hydrogens (tertiary/aromatic N) is 1. The van der Waals surface area contributed by atoms with Gasteiger partial charge in [-0.1, -0.05) is 0 Å². The largest absolute Gasteiger partial charge is 0.399 e. The summed E-state index contributed by atoms with van der Waals surface area (Å²) in [5.41, 5.74) is 7.65. The highest BCUT2D eigenvalue weighted by atomic mass is 32.2. The third-order valence-electron chi connectivity index (χ3n) is 3.51. The van der Waals surface area contributed by atoms with Gasteiger partial charge in [0, 0.05) is 29.7 Å². The van der Waals surface area contributed by atoms with Crippen molar-refractivity contribution in [3.8, 4) is 0 Å². The zero-order valence-electron chi connectivity index (χ0n) is 10.8. The fraction of sp³-hybridized carbons (Fsp3) is 0.308. The van der Waals surface area contributed by atoms with Crippen LogP contribution in [0.2, 0.25) is 0 Å². The lowest BCUT2D eigenvalue weighted by Crippen LogP contribution is -2.43. The molecule has 1 aromatic carbocycles. The molecule has 3 N–H and O–H groups in total. The van der Waals surface area contributed by atoms with Crippen LogP contribution in [0.15, 0.2) is 24.3 Å². The minimum absolute atomic E-state index is 0.0336. The molecule has 6 nitrogen and oxygen atoms in total. The molecule has 0 radical (unpaired) electrons. The Labute approximate surface area is 116 Å². The number of sulfone groups is 1. The first-order valence-corrected chi connectivity index (χ1v) is 8.15. The van der Waals surface area contributed by atoms with Crippen LogP contribution in [0, 0.1) is 0 Å². The molecule has 1 aliphatic heterocycles. The van der Waals surface area contributed by atoms with Crippen LogP contribution in [-0.2, 0) is 9.84 Å². The number of anilines is 1. The smallest absolute Gasteiger partial charge is 0.270 e. The Morgan fingerprint density at radius 2 is 1.90 bits per heavy atom. The number of H-pyrrole nitrogens is 1. The fourth-order valence-corrected chi connectivity index (χ4v) is 3.55. The summed E-state index contributed by atoms with van der Waals surface area (Å²) in [6, 6.07) is 7.13. The van der Waals surface area contributed by atoms with Gasteiger partial charge in [0.05, 0.1) is 11.5 Å². The number of amides is 1. The lowest BCUT2D eigenvalue weighted by atomic mass is 10.2. The van der Waals surface area contributed by atoms with E-state index in [-0.39, 0.29) is 30.5 Å². The highest BCUT2D eigenvalue weighted by Crippen LogP contribution is 2.20. The number of hydrogen-bond acceptors (Lipinski definition) is 4. The van der Waals surface area contributed by atoms with Crippen molar-refractivity contribution in [2.45, 2.75) is 0 Å². The summed E-state index contributed by atoms with van der Waals surface area (Å²) < 4.78 is 22.7. The maximum atomic E-state index is 12.3. The number of nitrogens with one attached hydrogen (secondary N) is 1. The van der Waals surface area contributed by atoms with Gasteiger partial charge in [-0.05, 0) is 24.3 Å². The molecule has 0 saturated carbocycles. The Morgan fingerprint density at radius 1 is 1.20 bits per heavy atom. The average molecular weight is 293 g/mol. The van der Waals surface area contributed by atoms with Gasteiger partial charge >= 0.3 is 0 Å². The van der Waals surface area contributed by atoms with Crippen LogP contribution < -0.4 is 5.73 Å². The summed E-state index contributed by atoms with van der Waals surface area (Å²) in [4.78, 5) is 16.9. The molecule has 0 spiro atoms. The van der Waals surface area contributed by atoms with Crippen molar-refractivity contribution in [2.75, 3.05) is 30.3 Å².